The van der Waals surface area contributed by atoms with Gasteiger partial charge in [0.2, 0.25) is 0 Å². The van der Waals surface area contributed by atoms with Crippen LogP contribution in [0.1, 0.15) is 30.3 Å². The summed E-state index contributed by atoms with van der Waals surface area (Å²) in [6, 6.07) is 9.09. The molecule has 0 saturated carbocycles. The van der Waals surface area contributed by atoms with Crippen LogP contribution in [0.15, 0.2) is 42.5 Å². The molecule has 2 atom stereocenters. The van der Waals surface area contributed by atoms with Crippen LogP contribution in [-0.2, 0) is 20.8 Å². The molecule has 0 spiro atoms. The first-order valence-electron chi connectivity index (χ1n) is 10.6. The first-order chi connectivity index (χ1) is 17.0. The molecule has 3 N–H and O–H groups in total. The van der Waals surface area contributed by atoms with Gasteiger partial charge >= 0.3 is 14.4 Å². The summed E-state index contributed by atoms with van der Waals surface area (Å²) in [6.45, 7) is 1.51. The highest BCUT2D eigenvalue weighted by molar-refractivity contribution is 7.32. The first kappa shape index (κ1) is 27.9. The fourth-order valence-corrected chi connectivity index (χ4v) is 4.20. The van der Waals surface area contributed by atoms with Crippen LogP contribution in [0.2, 0.25) is 0 Å². The second kappa shape index (κ2) is 12.0. The minimum Gasteiger partial charge on any atom is -0.494 e. The molecule has 2 aromatic carbocycles. The zero-order valence-corrected chi connectivity index (χ0v) is 20.7. The molecular formula is C22H23F4N3O5PS+. The van der Waals surface area contributed by atoms with E-state index < -0.39 is 25.5 Å². The summed E-state index contributed by atoms with van der Waals surface area (Å²) in [5, 5.41) is 8.23. The molecule has 0 saturated heterocycles. The highest BCUT2D eigenvalue weighted by atomic mass is 32.1. The van der Waals surface area contributed by atoms with Crippen LogP contribution < -0.4 is 15.2 Å². The van der Waals surface area contributed by atoms with Crippen LogP contribution in [0, 0.1) is 5.82 Å². The zero-order chi connectivity index (χ0) is 26.3. The molecule has 1 unspecified atom stereocenters. The van der Waals surface area contributed by atoms with Crippen molar-refractivity contribution >= 4 is 19.6 Å². The number of rotatable bonds is 12. The number of alkyl halides is 3. The number of nitrogens with zero attached hydrogens (tertiary/aromatic N) is 2. The Morgan fingerprint density at radius 3 is 2.36 bits per heavy atom. The van der Waals surface area contributed by atoms with Crippen molar-refractivity contribution in [2.75, 3.05) is 19.8 Å². The fraction of sp³-hybridized carbons (Fsp3) is 0.364. The van der Waals surface area contributed by atoms with Gasteiger partial charge in [0, 0.05) is 10.1 Å². The van der Waals surface area contributed by atoms with Gasteiger partial charge < -0.3 is 15.2 Å². The Hall–Kier alpha value is -2.70. The molecule has 0 bridgehead atoms. The Bertz CT molecular complexity index is 1180. The molecule has 194 valence electrons. The van der Waals surface area contributed by atoms with Gasteiger partial charge in [-0.25, -0.2) is 4.39 Å². The number of ether oxygens (including phenoxy) is 2. The van der Waals surface area contributed by atoms with Gasteiger partial charge in [0.15, 0.2) is 0 Å². The highest BCUT2D eigenvalue weighted by Crippen LogP contribution is 2.40. The normalized spacial score (nSPS) is 13.8. The molecule has 36 heavy (non-hydrogen) atoms. The number of hydrogen-bond acceptors (Lipinski definition) is 8. The van der Waals surface area contributed by atoms with Crippen molar-refractivity contribution < 1.29 is 41.0 Å². The molecule has 0 amide bonds. The minimum absolute atomic E-state index is 0.0385. The van der Waals surface area contributed by atoms with E-state index in [-0.39, 0.29) is 40.4 Å². The average Bonchev–Trinajstić information content (AvgIpc) is 3.32. The maximum atomic E-state index is 13.7. The van der Waals surface area contributed by atoms with Crippen LogP contribution in [0.25, 0.3) is 10.6 Å². The van der Waals surface area contributed by atoms with Gasteiger partial charge in [0.25, 0.3) is 0 Å². The lowest BCUT2D eigenvalue weighted by Crippen LogP contribution is -2.37. The van der Waals surface area contributed by atoms with Crippen molar-refractivity contribution in [1.29, 1.82) is 0 Å². The smallest absolute Gasteiger partial charge is 0.494 e. The van der Waals surface area contributed by atoms with Gasteiger partial charge in [-0.2, -0.15) is 13.2 Å². The van der Waals surface area contributed by atoms with E-state index in [0.717, 1.165) is 17.4 Å². The number of unbranched alkanes of at least 4 members (excludes halogenated alkanes) is 1. The summed E-state index contributed by atoms with van der Waals surface area (Å²) in [6.07, 6.45) is -3.71. The van der Waals surface area contributed by atoms with Crippen LogP contribution in [0.3, 0.4) is 0 Å². The molecule has 3 rings (SSSR count). The molecule has 1 aromatic heterocycles. The third-order valence-electron chi connectivity index (χ3n) is 4.80. The van der Waals surface area contributed by atoms with Gasteiger partial charge in [0.1, 0.15) is 33.9 Å². The predicted octanol–water partition coefficient (Wildman–Crippen LogP) is 5.44. The van der Waals surface area contributed by atoms with Gasteiger partial charge in [-0.3, -0.25) is 0 Å². The van der Waals surface area contributed by atoms with E-state index in [4.69, 9.17) is 20.1 Å². The Labute approximate surface area is 209 Å². The summed E-state index contributed by atoms with van der Waals surface area (Å²) >= 11 is 0.949. The first-order valence-corrected chi connectivity index (χ1v) is 12.5. The van der Waals surface area contributed by atoms with Crippen molar-refractivity contribution in [3.63, 3.8) is 0 Å². The molecule has 0 fully saturated rings. The molecular weight excluding hydrogens is 525 g/mol. The monoisotopic (exact) mass is 548 g/mol. The maximum Gasteiger partial charge on any atom is 0.694 e. The highest BCUT2D eigenvalue weighted by Gasteiger charge is 2.36. The molecule has 1 heterocycles. The Morgan fingerprint density at radius 1 is 1.06 bits per heavy atom. The van der Waals surface area contributed by atoms with E-state index in [1.54, 1.807) is 0 Å². The zero-order valence-electron chi connectivity index (χ0n) is 19.0. The van der Waals surface area contributed by atoms with Crippen molar-refractivity contribution in [3.8, 4) is 22.1 Å². The molecule has 0 aliphatic rings. The van der Waals surface area contributed by atoms with Crippen molar-refractivity contribution in [3.05, 3.63) is 58.9 Å². The second-order valence-electron chi connectivity index (χ2n) is 7.91. The van der Waals surface area contributed by atoms with Gasteiger partial charge in [-0.05, 0) is 62.2 Å². The lowest BCUT2D eigenvalue weighted by Gasteiger charge is -2.16. The van der Waals surface area contributed by atoms with Crippen molar-refractivity contribution in [1.82, 2.24) is 10.2 Å². The quantitative estimate of drug-likeness (QED) is 0.175. The molecule has 0 radical (unpaired) electrons. The lowest BCUT2D eigenvalue weighted by atomic mass is 10.1. The molecule has 14 heteroatoms. The van der Waals surface area contributed by atoms with E-state index in [2.05, 4.69) is 14.7 Å². The molecule has 8 nitrogen and oxygen atoms in total. The summed E-state index contributed by atoms with van der Waals surface area (Å²) in [5.41, 5.74) is 3.99. The number of nitrogens with two attached hydrogens (primary N) is 1. The SMILES string of the molecule is C[C@](N)(CO[P+](=O)O)c1nnc(-c2ccc(OCCCCOc3ccc(F)cc3)c(C(F)(F)F)c2)s1. The third-order valence-corrected chi connectivity index (χ3v) is 6.40. The fourth-order valence-electron chi connectivity index (χ4n) is 2.94. The molecule has 3 aromatic rings. The summed E-state index contributed by atoms with van der Waals surface area (Å²) in [4.78, 5) is 8.80. The predicted molar refractivity (Wildman–Crippen MR) is 124 cm³/mol. The van der Waals surface area contributed by atoms with E-state index in [0.29, 0.717) is 25.2 Å². The van der Waals surface area contributed by atoms with E-state index in [1.165, 1.54) is 43.3 Å². The third kappa shape index (κ3) is 7.90. The maximum absolute atomic E-state index is 13.7. The number of hydrogen-bond donors (Lipinski definition) is 2. The number of aromatic nitrogens is 2. The minimum atomic E-state index is -4.67. The van der Waals surface area contributed by atoms with Gasteiger partial charge in [-0.1, -0.05) is 11.3 Å². The lowest BCUT2D eigenvalue weighted by molar-refractivity contribution is -0.138. The molecule has 0 aliphatic carbocycles. The largest absolute Gasteiger partial charge is 0.694 e. The Balaban J connectivity index is 1.62. The Morgan fingerprint density at radius 2 is 1.72 bits per heavy atom. The summed E-state index contributed by atoms with van der Waals surface area (Å²) in [7, 11) is -2.87. The van der Waals surface area contributed by atoms with E-state index in [9.17, 15) is 22.1 Å². The summed E-state index contributed by atoms with van der Waals surface area (Å²) in [5.74, 6) is -0.198. The molecule has 0 aliphatic heterocycles. The number of halogens is 4. The standard InChI is InChI=1S/C22H22F4N3O5PS/c1-21(27,13-34-35(30)31)20-29-28-19(36-20)14-4-9-18(17(12-14)22(24,25)26)33-11-3-2-10-32-16-7-5-15(23)6-8-16/h4-9,12H,2-3,10-11,13,27H2,1H3/p+1/t21-/m0/s1. The van der Waals surface area contributed by atoms with Gasteiger partial charge in [0.05, 0.1) is 24.3 Å². The van der Waals surface area contributed by atoms with E-state index >= 15 is 0 Å². The number of benzene rings is 2. The van der Waals surface area contributed by atoms with E-state index in [1.807, 2.05) is 0 Å². The topological polar surface area (TPSA) is 117 Å². The average molecular weight is 548 g/mol. The van der Waals surface area contributed by atoms with Crippen molar-refractivity contribution in [2.24, 2.45) is 5.73 Å². The van der Waals surface area contributed by atoms with Crippen molar-refractivity contribution in [2.45, 2.75) is 31.5 Å². The van der Waals surface area contributed by atoms with Crippen LogP contribution in [0.4, 0.5) is 17.6 Å². The second-order valence-corrected chi connectivity index (χ2v) is 9.62. The van der Waals surface area contributed by atoms with Crippen LogP contribution in [0.5, 0.6) is 11.5 Å². The Kier molecular flexibility index (Phi) is 9.31. The van der Waals surface area contributed by atoms with Crippen LogP contribution >= 0.6 is 19.6 Å². The summed E-state index contributed by atoms with van der Waals surface area (Å²) < 4.78 is 80.3. The van der Waals surface area contributed by atoms with Gasteiger partial charge in [-0.15, -0.1) is 19.6 Å². The van der Waals surface area contributed by atoms with Crippen LogP contribution in [-0.4, -0.2) is 34.9 Å².